The van der Waals surface area contributed by atoms with Crippen LogP contribution in [0.1, 0.15) is 29.3 Å². The Morgan fingerprint density at radius 3 is 2.38 bits per heavy atom. The van der Waals surface area contributed by atoms with E-state index in [0.717, 1.165) is 29.9 Å². The fraction of sp³-hybridized carbons (Fsp3) is 0.235. The van der Waals surface area contributed by atoms with Crippen LogP contribution in [0.3, 0.4) is 0 Å². The van der Waals surface area contributed by atoms with Crippen LogP contribution in [0.2, 0.25) is 0 Å². The molecule has 0 atom stereocenters. The number of nitrogen functional groups attached to an aromatic ring is 1. The van der Waals surface area contributed by atoms with Crippen molar-refractivity contribution < 1.29 is 4.79 Å². The summed E-state index contributed by atoms with van der Waals surface area (Å²) >= 11 is 0. The summed E-state index contributed by atoms with van der Waals surface area (Å²) in [6, 6.07) is 15.2. The molecular weight excluding hydrogens is 262 g/mol. The zero-order valence-corrected chi connectivity index (χ0v) is 12.3. The van der Waals surface area contributed by atoms with E-state index in [-0.39, 0.29) is 5.91 Å². The summed E-state index contributed by atoms with van der Waals surface area (Å²) in [7, 11) is 0. The minimum Gasteiger partial charge on any atom is -0.399 e. The lowest BCUT2D eigenvalue weighted by molar-refractivity contribution is 0.0999. The van der Waals surface area contributed by atoms with E-state index in [9.17, 15) is 4.79 Å². The molecule has 0 bridgehead atoms. The summed E-state index contributed by atoms with van der Waals surface area (Å²) in [5.74, 6) is -0.389. The molecule has 4 nitrogen and oxygen atoms in total. The zero-order valence-electron chi connectivity index (χ0n) is 12.3. The smallest absolute Gasteiger partial charge is 0.249 e. The van der Waals surface area contributed by atoms with Crippen molar-refractivity contribution in [2.24, 2.45) is 5.73 Å². The largest absolute Gasteiger partial charge is 0.399 e. The Hall–Kier alpha value is -2.49. The van der Waals surface area contributed by atoms with E-state index >= 15 is 0 Å². The van der Waals surface area contributed by atoms with Crippen molar-refractivity contribution in [1.82, 2.24) is 0 Å². The van der Waals surface area contributed by atoms with Crippen LogP contribution in [0.15, 0.2) is 48.5 Å². The SMILES string of the molecule is CCCN(Cc1ccccc1C(N)=O)c1ccc(N)cc1. The Morgan fingerprint density at radius 2 is 1.76 bits per heavy atom. The van der Waals surface area contributed by atoms with Gasteiger partial charge in [0.05, 0.1) is 0 Å². The quantitative estimate of drug-likeness (QED) is 0.801. The van der Waals surface area contributed by atoms with Gasteiger partial charge in [-0.3, -0.25) is 4.79 Å². The third kappa shape index (κ3) is 3.75. The number of benzene rings is 2. The molecule has 2 aromatic rings. The van der Waals surface area contributed by atoms with Gasteiger partial charge in [-0.25, -0.2) is 0 Å². The third-order valence-electron chi connectivity index (χ3n) is 3.40. The van der Waals surface area contributed by atoms with Gasteiger partial charge in [0.1, 0.15) is 0 Å². The molecule has 0 saturated heterocycles. The van der Waals surface area contributed by atoms with E-state index in [2.05, 4.69) is 11.8 Å². The fourth-order valence-electron chi connectivity index (χ4n) is 2.36. The number of carbonyl (C=O) groups excluding carboxylic acids is 1. The number of primary amides is 1. The predicted molar refractivity (Wildman–Crippen MR) is 87.2 cm³/mol. The standard InChI is InChI=1S/C17H21N3O/c1-2-11-20(15-9-7-14(18)8-10-15)12-13-5-3-4-6-16(13)17(19)21/h3-10H,2,11-12,18H2,1H3,(H2,19,21). The second kappa shape index (κ2) is 6.79. The average molecular weight is 283 g/mol. The topological polar surface area (TPSA) is 72.3 Å². The number of anilines is 2. The number of hydrogen-bond acceptors (Lipinski definition) is 3. The van der Waals surface area contributed by atoms with Crippen LogP contribution in [0.5, 0.6) is 0 Å². The van der Waals surface area contributed by atoms with Crippen molar-refractivity contribution in [2.75, 3.05) is 17.2 Å². The van der Waals surface area contributed by atoms with Crippen LogP contribution in [0.4, 0.5) is 11.4 Å². The highest BCUT2D eigenvalue weighted by Gasteiger charge is 2.12. The van der Waals surface area contributed by atoms with E-state index in [1.165, 1.54) is 0 Å². The van der Waals surface area contributed by atoms with Crippen LogP contribution >= 0.6 is 0 Å². The average Bonchev–Trinajstić information content (AvgIpc) is 2.48. The highest BCUT2D eigenvalue weighted by molar-refractivity contribution is 5.94. The molecule has 110 valence electrons. The molecule has 1 amide bonds. The molecule has 4 heteroatoms. The number of rotatable bonds is 6. The van der Waals surface area contributed by atoms with Gasteiger partial charge in [0, 0.05) is 30.0 Å². The van der Waals surface area contributed by atoms with Crippen LogP contribution < -0.4 is 16.4 Å². The van der Waals surface area contributed by atoms with E-state index in [1.807, 2.05) is 42.5 Å². The fourth-order valence-corrected chi connectivity index (χ4v) is 2.36. The van der Waals surface area contributed by atoms with Gasteiger partial charge >= 0.3 is 0 Å². The molecule has 0 aliphatic heterocycles. The number of amides is 1. The van der Waals surface area contributed by atoms with Gasteiger partial charge in [0.15, 0.2) is 0 Å². The van der Waals surface area contributed by atoms with Gasteiger partial charge in [-0.05, 0) is 42.3 Å². The molecule has 0 aliphatic rings. The van der Waals surface area contributed by atoms with Crippen molar-refractivity contribution in [3.8, 4) is 0 Å². The second-order valence-electron chi connectivity index (χ2n) is 5.03. The Morgan fingerprint density at radius 1 is 1.10 bits per heavy atom. The number of hydrogen-bond donors (Lipinski definition) is 2. The van der Waals surface area contributed by atoms with Gasteiger partial charge in [0.2, 0.25) is 5.91 Å². The minimum atomic E-state index is -0.389. The molecule has 0 saturated carbocycles. The molecule has 0 aliphatic carbocycles. The molecule has 0 heterocycles. The molecular formula is C17H21N3O. The van der Waals surface area contributed by atoms with E-state index in [0.29, 0.717) is 12.1 Å². The monoisotopic (exact) mass is 283 g/mol. The maximum Gasteiger partial charge on any atom is 0.249 e. The lowest BCUT2D eigenvalue weighted by Gasteiger charge is -2.25. The number of nitrogens with zero attached hydrogens (tertiary/aromatic N) is 1. The van der Waals surface area contributed by atoms with Crippen LogP contribution in [-0.2, 0) is 6.54 Å². The molecule has 4 N–H and O–H groups in total. The van der Waals surface area contributed by atoms with Crippen molar-refractivity contribution in [1.29, 1.82) is 0 Å². The van der Waals surface area contributed by atoms with Crippen LogP contribution in [0, 0.1) is 0 Å². The zero-order chi connectivity index (χ0) is 15.2. The minimum absolute atomic E-state index is 0.389. The van der Waals surface area contributed by atoms with Crippen molar-refractivity contribution >= 4 is 17.3 Å². The molecule has 21 heavy (non-hydrogen) atoms. The molecule has 0 unspecified atom stereocenters. The first-order chi connectivity index (χ1) is 10.1. The van der Waals surface area contributed by atoms with Gasteiger partial charge in [-0.2, -0.15) is 0 Å². The van der Waals surface area contributed by atoms with Crippen LogP contribution in [0.25, 0.3) is 0 Å². The first-order valence-electron chi connectivity index (χ1n) is 7.10. The summed E-state index contributed by atoms with van der Waals surface area (Å²) in [5.41, 5.74) is 14.5. The molecule has 0 aromatic heterocycles. The highest BCUT2D eigenvalue weighted by atomic mass is 16.1. The van der Waals surface area contributed by atoms with Crippen molar-refractivity contribution in [3.05, 3.63) is 59.7 Å². The normalized spacial score (nSPS) is 10.3. The van der Waals surface area contributed by atoms with Crippen molar-refractivity contribution in [3.63, 3.8) is 0 Å². The highest BCUT2D eigenvalue weighted by Crippen LogP contribution is 2.20. The van der Waals surface area contributed by atoms with Gasteiger partial charge < -0.3 is 16.4 Å². The second-order valence-corrected chi connectivity index (χ2v) is 5.03. The third-order valence-corrected chi connectivity index (χ3v) is 3.40. The van der Waals surface area contributed by atoms with E-state index < -0.39 is 0 Å². The predicted octanol–water partition coefficient (Wildman–Crippen LogP) is 2.78. The van der Waals surface area contributed by atoms with E-state index in [4.69, 9.17) is 11.5 Å². The summed E-state index contributed by atoms with van der Waals surface area (Å²) in [5, 5.41) is 0. The Bertz CT molecular complexity index is 608. The van der Waals surface area contributed by atoms with Gasteiger partial charge in [0.25, 0.3) is 0 Å². The lowest BCUT2D eigenvalue weighted by atomic mass is 10.1. The summed E-state index contributed by atoms with van der Waals surface area (Å²) < 4.78 is 0. The Balaban J connectivity index is 2.28. The number of carbonyl (C=O) groups is 1. The summed E-state index contributed by atoms with van der Waals surface area (Å²) in [6.45, 7) is 3.68. The van der Waals surface area contributed by atoms with E-state index in [1.54, 1.807) is 6.07 Å². The first kappa shape index (κ1) is 14.9. The molecule has 0 spiro atoms. The first-order valence-corrected chi connectivity index (χ1v) is 7.10. The Kier molecular flexibility index (Phi) is 4.82. The molecule has 2 aromatic carbocycles. The van der Waals surface area contributed by atoms with Gasteiger partial charge in [-0.15, -0.1) is 0 Å². The summed E-state index contributed by atoms with van der Waals surface area (Å²) in [6.07, 6.45) is 1.02. The van der Waals surface area contributed by atoms with Gasteiger partial charge in [-0.1, -0.05) is 25.1 Å². The maximum atomic E-state index is 11.5. The van der Waals surface area contributed by atoms with Crippen LogP contribution in [-0.4, -0.2) is 12.5 Å². The molecule has 0 radical (unpaired) electrons. The summed E-state index contributed by atoms with van der Waals surface area (Å²) in [4.78, 5) is 13.8. The molecule has 2 rings (SSSR count). The number of nitrogens with two attached hydrogens (primary N) is 2. The lowest BCUT2D eigenvalue weighted by Crippen LogP contribution is -2.25. The van der Waals surface area contributed by atoms with Crippen molar-refractivity contribution in [2.45, 2.75) is 19.9 Å². The molecule has 0 fully saturated rings. The maximum absolute atomic E-state index is 11.5. The Labute approximate surface area is 125 Å².